The molecule has 0 saturated heterocycles. The van der Waals surface area contributed by atoms with Gasteiger partial charge in [-0.3, -0.25) is 8.82 Å². The average molecular weight is 569 g/mol. The summed E-state index contributed by atoms with van der Waals surface area (Å²) in [5.41, 5.74) is 4.47. The number of nitriles is 1. The second-order valence-corrected chi connectivity index (χ2v) is 21.0. The molecule has 0 spiro atoms. The predicted octanol–water partition coefficient (Wildman–Crippen LogP) is 7.02. The minimum Gasteiger partial charge on any atom is -0.454 e. The first-order valence-corrected chi connectivity index (χ1v) is 18.8. The number of benzene rings is 1. The maximum atomic E-state index is 14.7. The normalized spacial score (nSPS) is 18.3. The van der Waals surface area contributed by atoms with Gasteiger partial charge in [0, 0.05) is 18.1 Å². The number of carbonyl (C=O) groups excluding carboxylic acids is 1. The van der Waals surface area contributed by atoms with Gasteiger partial charge < -0.3 is 9.52 Å². The summed E-state index contributed by atoms with van der Waals surface area (Å²) in [5, 5.41) is 20.3. The van der Waals surface area contributed by atoms with Gasteiger partial charge in [-0.2, -0.15) is 5.26 Å². The van der Waals surface area contributed by atoms with E-state index in [2.05, 4.69) is 46.9 Å². The summed E-state index contributed by atoms with van der Waals surface area (Å²) >= 11 is 0. The summed E-state index contributed by atoms with van der Waals surface area (Å²) in [7, 11) is -5.67. The number of Topliss-reactive ketones (excluding diaryl/α,β-unsaturated/α-hetero) is 1. The van der Waals surface area contributed by atoms with E-state index in [0.717, 1.165) is 47.1 Å². The van der Waals surface area contributed by atoms with Crippen LogP contribution in [0.2, 0.25) is 18.1 Å². The van der Waals surface area contributed by atoms with Crippen LogP contribution in [0.25, 0.3) is 0 Å². The number of carbonyl (C=O) groups is 1. The molecule has 2 aliphatic rings. The molecule has 2 atom stereocenters. The first-order valence-electron chi connectivity index (χ1n) is 14.1. The molecular formula is C31H44N2O4SSi. The zero-order valence-corrected chi connectivity index (χ0v) is 26.6. The van der Waals surface area contributed by atoms with E-state index in [-0.39, 0.29) is 34.0 Å². The molecule has 1 N–H and O–H groups in total. The number of ketones is 1. The van der Waals surface area contributed by atoms with Gasteiger partial charge in [-0.25, -0.2) is 4.21 Å². The Morgan fingerprint density at radius 2 is 1.85 bits per heavy atom. The van der Waals surface area contributed by atoms with Gasteiger partial charge in [-0.15, -0.1) is 0 Å². The van der Waals surface area contributed by atoms with E-state index in [4.69, 9.17) is 8.45 Å². The highest BCUT2D eigenvalue weighted by Crippen LogP contribution is 2.46. The van der Waals surface area contributed by atoms with Crippen molar-refractivity contribution in [1.29, 1.82) is 5.26 Å². The van der Waals surface area contributed by atoms with Gasteiger partial charge in [0.1, 0.15) is 9.73 Å². The second-order valence-electron chi connectivity index (χ2n) is 13.7. The van der Waals surface area contributed by atoms with Crippen molar-refractivity contribution in [3.8, 4) is 6.07 Å². The number of aliphatic hydroxyl groups is 1. The molecule has 212 valence electrons. The van der Waals surface area contributed by atoms with E-state index in [1.165, 1.54) is 19.1 Å². The number of hydrogen-bond acceptors (Lipinski definition) is 6. The van der Waals surface area contributed by atoms with E-state index < -0.39 is 23.6 Å². The highest BCUT2D eigenvalue weighted by molar-refractivity contribution is 7.95. The topological polar surface area (TPSA) is 104 Å². The Morgan fingerprint density at radius 1 is 1.21 bits per heavy atom. The van der Waals surface area contributed by atoms with Gasteiger partial charge in [0.2, 0.25) is 0 Å². The molecule has 2 unspecified atom stereocenters. The Hall–Kier alpha value is -2.21. The lowest BCUT2D eigenvalue weighted by atomic mass is 9.84. The van der Waals surface area contributed by atoms with Gasteiger partial charge >= 0.3 is 0 Å². The minimum atomic E-state index is -3.22. The molecule has 0 amide bonds. The van der Waals surface area contributed by atoms with E-state index in [9.17, 15) is 19.4 Å². The summed E-state index contributed by atoms with van der Waals surface area (Å²) in [6.07, 6.45) is 6.67. The molecule has 0 bridgehead atoms. The van der Waals surface area contributed by atoms with E-state index in [1.807, 2.05) is 6.07 Å². The van der Waals surface area contributed by atoms with Crippen LogP contribution in [0.3, 0.4) is 0 Å². The third kappa shape index (κ3) is 6.11. The first-order chi connectivity index (χ1) is 18.0. The summed E-state index contributed by atoms with van der Waals surface area (Å²) in [5.74, 6) is 0.508. The molecule has 2 aromatic rings. The van der Waals surface area contributed by atoms with Crippen molar-refractivity contribution in [3.63, 3.8) is 0 Å². The monoisotopic (exact) mass is 568 g/mol. The fourth-order valence-corrected chi connectivity index (χ4v) is 11.2. The van der Waals surface area contributed by atoms with Crippen molar-refractivity contribution >= 4 is 23.7 Å². The largest absolute Gasteiger partial charge is 0.454 e. The molecule has 1 aromatic carbocycles. The number of rotatable bonds is 9. The number of fused-ring (bicyclic) bond motifs is 1. The van der Waals surface area contributed by atoms with Gasteiger partial charge in [0.15, 0.2) is 19.1 Å². The lowest BCUT2D eigenvalue weighted by Gasteiger charge is -2.33. The smallest absolute Gasteiger partial charge is 0.198 e. The standard InChI is InChI=1S/C31H44N2O4SSi/c1-20(21-12-13-21)27-14-22(17-32)25-10-9-11-26(25)28(27)16-24(34)19-38(36,33-39(7,8)30(2,3)4)29-15-23(18-37-29)31(5,6)35/h14-15,18,20-21,35H,9-13,16,19H2,1-8H3. The zero-order valence-electron chi connectivity index (χ0n) is 24.8. The van der Waals surface area contributed by atoms with Crippen LogP contribution in [0.4, 0.5) is 0 Å². The van der Waals surface area contributed by atoms with Crippen LogP contribution >= 0.6 is 0 Å². The van der Waals surface area contributed by atoms with Crippen molar-refractivity contribution in [2.45, 2.75) is 115 Å². The number of nitrogens with zero attached hydrogens (tertiary/aromatic N) is 2. The van der Waals surface area contributed by atoms with Crippen molar-refractivity contribution in [1.82, 2.24) is 0 Å². The van der Waals surface area contributed by atoms with Crippen molar-refractivity contribution < 1.29 is 18.5 Å². The van der Waals surface area contributed by atoms with Crippen LogP contribution in [0, 0.1) is 17.2 Å². The molecule has 1 fully saturated rings. The maximum Gasteiger partial charge on any atom is 0.198 e. The fourth-order valence-electron chi connectivity index (χ4n) is 5.37. The summed E-state index contributed by atoms with van der Waals surface area (Å²) < 4.78 is 25.4. The molecule has 1 heterocycles. The molecule has 0 aliphatic heterocycles. The highest BCUT2D eigenvalue weighted by Gasteiger charge is 2.39. The molecule has 8 heteroatoms. The highest BCUT2D eigenvalue weighted by atomic mass is 32.2. The van der Waals surface area contributed by atoms with Gasteiger partial charge in [-0.05, 0) is 104 Å². The van der Waals surface area contributed by atoms with Crippen LogP contribution in [0.5, 0.6) is 0 Å². The minimum absolute atomic E-state index is 0.133. The summed E-state index contributed by atoms with van der Waals surface area (Å²) in [6.45, 7) is 15.9. The molecule has 2 aliphatic carbocycles. The Morgan fingerprint density at radius 3 is 2.38 bits per heavy atom. The van der Waals surface area contributed by atoms with Crippen molar-refractivity contribution in [2.24, 2.45) is 9.95 Å². The lowest BCUT2D eigenvalue weighted by molar-refractivity contribution is -0.116. The predicted molar refractivity (Wildman–Crippen MR) is 158 cm³/mol. The molecule has 39 heavy (non-hydrogen) atoms. The average Bonchev–Trinajstić information content (AvgIpc) is 3.30. The summed E-state index contributed by atoms with van der Waals surface area (Å²) in [4.78, 5) is 13.9. The van der Waals surface area contributed by atoms with Crippen LogP contribution in [0.1, 0.15) is 100 Å². The molecule has 1 saturated carbocycles. The third-order valence-electron chi connectivity index (χ3n) is 9.03. The van der Waals surface area contributed by atoms with Crippen LogP contribution in [0.15, 0.2) is 31.9 Å². The zero-order chi connectivity index (χ0) is 29.0. The van der Waals surface area contributed by atoms with Gasteiger partial charge in [0.25, 0.3) is 0 Å². The lowest BCUT2D eigenvalue weighted by Crippen LogP contribution is -2.37. The van der Waals surface area contributed by atoms with Gasteiger partial charge in [-0.1, -0.05) is 27.7 Å². The van der Waals surface area contributed by atoms with E-state index >= 15 is 0 Å². The quantitative estimate of drug-likeness (QED) is 0.327. The van der Waals surface area contributed by atoms with E-state index in [1.54, 1.807) is 19.9 Å². The van der Waals surface area contributed by atoms with Crippen LogP contribution in [-0.2, 0) is 39.4 Å². The molecule has 4 rings (SSSR count). The molecule has 6 nitrogen and oxygen atoms in total. The first kappa shape index (κ1) is 29.8. The van der Waals surface area contributed by atoms with E-state index in [0.29, 0.717) is 11.5 Å². The molecule has 0 radical (unpaired) electrons. The van der Waals surface area contributed by atoms with Gasteiger partial charge in [0.05, 0.1) is 29.2 Å². The Labute approximate surface area is 235 Å². The Balaban J connectivity index is 1.77. The third-order valence-corrected chi connectivity index (χ3v) is 17.3. The number of furan rings is 1. The molecular weight excluding hydrogens is 525 g/mol. The summed E-state index contributed by atoms with van der Waals surface area (Å²) in [6, 6.07) is 6.03. The Kier molecular flexibility index (Phi) is 7.87. The number of hydrogen-bond donors (Lipinski definition) is 1. The van der Waals surface area contributed by atoms with Crippen molar-refractivity contribution in [2.75, 3.05) is 5.75 Å². The second kappa shape index (κ2) is 10.3. The van der Waals surface area contributed by atoms with Crippen LogP contribution in [-0.4, -0.2) is 29.1 Å². The SMILES string of the molecule is CC(c1cc(C#N)c2c(c1CC(=O)CS(=O)(=N[Si](C)(C)C(C)(C)C)c1cc(C(C)(C)O)co1)CCC2)C1CC1. The van der Waals surface area contributed by atoms with Crippen LogP contribution < -0.4 is 0 Å². The fraction of sp³-hybridized carbons (Fsp3) is 0.613. The Bertz CT molecular complexity index is 1440. The molecule has 1 aromatic heterocycles. The van der Waals surface area contributed by atoms with Crippen molar-refractivity contribution in [3.05, 3.63) is 51.8 Å². The maximum absolute atomic E-state index is 14.7.